The van der Waals surface area contributed by atoms with Gasteiger partial charge in [0.1, 0.15) is 12.4 Å². The third-order valence-electron chi connectivity index (χ3n) is 4.78. The molecule has 138 valence electrons. The first kappa shape index (κ1) is 16.9. The lowest BCUT2D eigenvalue weighted by Crippen LogP contribution is -2.25. The van der Waals surface area contributed by atoms with Crippen LogP contribution in [0.3, 0.4) is 0 Å². The molecule has 4 rings (SSSR count). The van der Waals surface area contributed by atoms with Crippen molar-refractivity contribution in [1.82, 2.24) is 14.9 Å². The maximum absolute atomic E-state index is 6.07. The molecule has 1 saturated heterocycles. The second kappa shape index (κ2) is 7.78. The number of aromatic nitrogens is 2. The van der Waals surface area contributed by atoms with Crippen molar-refractivity contribution >= 4 is 17.5 Å². The Kier molecular flexibility index (Phi) is 5.06. The largest absolute Gasteiger partial charge is 0.489 e. The molecule has 1 aromatic carbocycles. The maximum Gasteiger partial charge on any atom is 0.229 e. The summed E-state index contributed by atoms with van der Waals surface area (Å²) in [6.45, 7) is 4.69. The van der Waals surface area contributed by atoms with Gasteiger partial charge in [-0.25, -0.2) is 4.98 Å². The predicted molar refractivity (Wildman–Crippen MR) is 102 cm³/mol. The second-order valence-electron chi connectivity index (χ2n) is 6.60. The fraction of sp³-hybridized carbons (Fsp3) is 0.474. The minimum absolute atomic E-state index is 0.554. The Morgan fingerprint density at radius 2 is 2.15 bits per heavy atom. The molecule has 3 heterocycles. The molecule has 0 atom stereocenters. The number of rotatable bonds is 7. The number of benzene rings is 1. The van der Waals surface area contributed by atoms with Crippen LogP contribution in [0.15, 0.2) is 24.4 Å². The highest BCUT2D eigenvalue weighted by Gasteiger charge is 2.20. The SMILES string of the molecule is CNc1ccnc(Nc2cc3c(c(OCCN4CCCC4)c2)OCC3)n1. The molecule has 0 saturated carbocycles. The van der Waals surface area contributed by atoms with Crippen LogP contribution in [0.1, 0.15) is 18.4 Å². The van der Waals surface area contributed by atoms with E-state index in [0.29, 0.717) is 19.2 Å². The molecule has 7 heteroatoms. The van der Waals surface area contributed by atoms with Crippen molar-refractivity contribution in [3.63, 3.8) is 0 Å². The number of nitrogens with zero attached hydrogens (tertiary/aromatic N) is 3. The average molecular weight is 355 g/mol. The zero-order valence-corrected chi connectivity index (χ0v) is 15.1. The van der Waals surface area contributed by atoms with Crippen molar-refractivity contribution in [2.45, 2.75) is 19.3 Å². The van der Waals surface area contributed by atoms with Gasteiger partial charge in [0.05, 0.1) is 6.61 Å². The fourth-order valence-corrected chi connectivity index (χ4v) is 3.43. The Labute approximate surface area is 153 Å². The normalized spacial score (nSPS) is 16.2. The van der Waals surface area contributed by atoms with Crippen molar-refractivity contribution in [3.05, 3.63) is 30.0 Å². The molecule has 0 aliphatic carbocycles. The number of hydrogen-bond donors (Lipinski definition) is 2. The number of ether oxygens (including phenoxy) is 2. The van der Waals surface area contributed by atoms with Crippen molar-refractivity contribution in [2.75, 3.05) is 50.5 Å². The molecule has 2 aromatic rings. The summed E-state index contributed by atoms with van der Waals surface area (Å²) in [4.78, 5) is 11.1. The lowest BCUT2D eigenvalue weighted by atomic mass is 10.1. The summed E-state index contributed by atoms with van der Waals surface area (Å²) < 4.78 is 11.9. The standard InChI is InChI=1S/C19H25N5O2/c1-20-17-4-6-21-19(23-17)22-15-12-14-5-10-26-18(14)16(13-15)25-11-9-24-7-2-3-8-24/h4,6,12-13H,2-3,5,7-11H2,1H3,(H2,20,21,22,23). The summed E-state index contributed by atoms with van der Waals surface area (Å²) >= 11 is 0. The van der Waals surface area contributed by atoms with E-state index in [9.17, 15) is 0 Å². The summed E-state index contributed by atoms with van der Waals surface area (Å²) in [7, 11) is 1.84. The van der Waals surface area contributed by atoms with E-state index >= 15 is 0 Å². The van der Waals surface area contributed by atoms with Crippen LogP contribution < -0.4 is 20.1 Å². The van der Waals surface area contributed by atoms with E-state index in [-0.39, 0.29) is 0 Å². The van der Waals surface area contributed by atoms with E-state index in [4.69, 9.17) is 9.47 Å². The smallest absolute Gasteiger partial charge is 0.229 e. The highest BCUT2D eigenvalue weighted by atomic mass is 16.5. The van der Waals surface area contributed by atoms with E-state index in [1.54, 1.807) is 6.20 Å². The fourth-order valence-electron chi connectivity index (χ4n) is 3.43. The van der Waals surface area contributed by atoms with Gasteiger partial charge in [-0.15, -0.1) is 0 Å². The van der Waals surface area contributed by atoms with Crippen LogP contribution in [0, 0.1) is 0 Å². The average Bonchev–Trinajstić information content (AvgIpc) is 3.33. The van der Waals surface area contributed by atoms with Crippen LogP contribution in [0.25, 0.3) is 0 Å². The molecule has 2 aliphatic heterocycles. The van der Waals surface area contributed by atoms with Crippen molar-refractivity contribution in [2.24, 2.45) is 0 Å². The molecular weight excluding hydrogens is 330 g/mol. The van der Waals surface area contributed by atoms with Crippen molar-refractivity contribution in [1.29, 1.82) is 0 Å². The minimum atomic E-state index is 0.554. The Morgan fingerprint density at radius 1 is 1.27 bits per heavy atom. The first-order chi connectivity index (χ1) is 12.8. The molecule has 0 amide bonds. The number of fused-ring (bicyclic) bond motifs is 1. The topological polar surface area (TPSA) is 71.5 Å². The summed E-state index contributed by atoms with van der Waals surface area (Å²) in [6, 6.07) is 5.89. The van der Waals surface area contributed by atoms with Crippen LogP contribution in [0.4, 0.5) is 17.5 Å². The Hall–Kier alpha value is -2.54. The molecular formula is C19H25N5O2. The zero-order valence-electron chi connectivity index (χ0n) is 15.1. The molecule has 0 radical (unpaired) electrons. The second-order valence-corrected chi connectivity index (χ2v) is 6.60. The molecule has 1 aromatic heterocycles. The summed E-state index contributed by atoms with van der Waals surface area (Å²) in [5.74, 6) is 3.00. The summed E-state index contributed by atoms with van der Waals surface area (Å²) in [6.07, 6.45) is 5.21. The lowest BCUT2D eigenvalue weighted by molar-refractivity contribution is 0.229. The van der Waals surface area contributed by atoms with E-state index < -0.39 is 0 Å². The number of likely N-dealkylation sites (tertiary alicyclic amines) is 1. The molecule has 1 fully saturated rings. The first-order valence-electron chi connectivity index (χ1n) is 9.24. The number of hydrogen-bond acceptors (Lipinski definition) is 7. The number of anilines is 3. The van der Waals surface area contributed by atoms with Crippen LogP contribution in [-0.4, -0.2) is 54.8 Å². The van der Waals surface area contributed by atoms with Crippen LogP contribution >= 0.6 is 0 Å². The van der Waals surface area contributed by atoms with Gasteiger partial charge >= 0.3 is 0 Å². The highest BCUT2D eigenvalue weighted by Crippen LogP contribution is 2.39. The Balaban J connectivity index is 1.48. The van der Waals surface area contributed by atoms with Gasteiger partial charge in [-0.3, -0.25) is 4.90 Å². The van der Waals surface area contributed by atoms with E-state index in [1.807, 2.05) is 19.2 Å². The highest BCUT2D eigenvalue weighted by molar-refractivity contribution is 5.64. The molecule has 0 unspecified atom stereocenters. The van der Waals surface area contributed by atoms with E-state index in [1.165, 1.54) is 25.9 Å². The quantitative estimate of drug-likeness (QED) is 0.791. The lowest BCUT2D eigenvalue weighted by Gasteiger charge is -2.17. The van der Waals surface area contributed by atoms with Gasteiger partial charge in [0, 0.05) is 43.5 Å². The van der Waals surface area contributed by atoms with Crippen molar-refractivity contribution in [3.8, 4) is 11.5 Å². The monoisotopic (exact) mass is 355 g/mol. The molecule has 2 N–H and O–H groups in total. The summed E-state index contributed by atoms with van der Waals surface area (Å²) in [5, 5.41) is 6.29. The van der Waals surface area contributed by atoms with Crippen LogP contribution in [0.5, 0.6) is 11.5 Å². The molecule has 26 heavy (non-hydrogen) atoms. The molecule has 7 nitrogen and oxygen atoms in total. The molecule has 0 bridgehead atoms. The van der Waals surface area contributed by atoms with Gasteiger partial charge in [-0.1, -0.05) is 0 Å². The van der Waals surface area contributed by atoms with Gasteiger partial charge < -0.3 is 20.1 Å². The third kappa shape index (κ3) is 3.83. The van der Waals surface area contributed by atoms with Gasteiger partial charge in [0.25, 0.3) is 0 Å². The zero-order chi connectivity index (χ0) is 17.8. The van der Waals surface area contributed by atoms with Crippen molar-refractivity contribution < 1.29 is 9.47 Å². The minimum Gasteiger partial charge on any atom is -0.489 e. The molecule has 0 spiro atoms. The third-order valence-corrected chi connectivity index (χ3v) is 4.78. The summed E-state index contributed by atoms with van der Waals surface area (Å²) in [5.41, 5.74) is 2.08. The van der Waals surface area contributed by atoms with Gasteiger partial charge in [-0.2, -0.15) is 4.98 Å². The predicted octanol–water partition coefficient (Wildman–Crippen LogP) is 2.67. The van der Waals surface area contributed by atoms with Gasteiger partial charge in [0.15, 0.2) is 11.5 Å². The molecule has 2 aliphatic rings. The van der Waals surface area contributed by atoms with Gasteiger partial charge in [0.2, 0.25) is 5.95 Å². The van der Waals surface area contributed by atoms with E-state index in [0.717, 1.165) is 41.5 Å². The van der Waals surface area contributed by atoms with Gasteiger partial charge in [-0.05, 0) is 38.1 Å². The van der Waals surface area contributed by atoms with Crippen LogP contribution in [0.2, 0.25) is 0 Å². The first-order valence-corrected chi connectivity index (χ1v) is 9.24. The van der Waals surface area contributed by atoms with Crippen LogP contribution in [-0.2, 0) is 6.42 Å². The Bertz CT molecular complexity index is 762. The maximum atomic E-state index is 6.07. The number of nitrogens with one attached hydrogen (secondary N) is 2. The van der Waals surface area contributed by atoms with E-state index in [2.05, 4.69) is 31.6 Å². The Morgan fingerprint density at radius 3 is 3.00 bits per heavy atom.